The van der Waals surface area contributed by atoms with E-state index in [1.807, 2.05) is 18.2 Å². The number of benzene rings is 2. The van der Waals surface area contributed by atoms with Crippen LogP contribution in [0, 0.1) is 0 Å². The number of amides is 4. The van der Waals surface area contributed by atoms with Gasteiger partial charge in [-0.15, -0.1) is 0 Å². The van der Waals surface area contributed by atoms with Crippen molar-refractivity contribution in [2.75, 3.05) is 11.9 Å². The lowest BCUT2D eigenvalue weighted by atomic mass is 10.2. The summed E-state index contributed by atoms with van der Waals surface area (Å²) in [7, 11) is 0. The third-order valence-electron chi connectivity index (χ3n) is 5.36. The number of urea groups is 1. The number of nitrogens with zero attached hydrogens (tertiary/aromatic N) is 2. The molecule has 160 valence electrons. The number of para-hydroxylation sites is 1. The monoisotopic (exact) mass is 439 g/mol. The molecule has 1 aliphatic heterocycles. The highest BCUT2D eigenvalue weighted by atomic mass is 35.5. The number of fused-ring (bicyclic) bond motifs is 1. The minimum absolute atomic E-state index is 0.216. The molecule has 4 rings (SSSR count). The van der Waals surface area contributed by atoms with Crippen LogP contribution in [-0.2, 0) is 11.3 Å². The quantitative estimate of drug-likeness (QED) is 0.578. The maximum atomic E-state index is 13.0. The van der Waals surface area contributed by atoms with E-state index in [0.29, 0.717) is 41.1 Å². The summed E-state index contributed by atoms with van der Waals surface area (Å²) in [5.41, 5.74) is 7.38. The van der Waals surface area contributed by atoms with E-state index in [2.05, 4.69) is 10.6 Å². The number of nitrogens with one attached hydrogen (secondary N) is 2. The standard InChI is InChI=1S/C22H22ClN5O3/c23-15-6-3-5-14(11-15)12-25-20(29)19-9-4-10-27(19)22(31)26-17-13-28(21(24)30)18-8-2-1-7-16(17)18/h1-3,5-8,11,13,19H,4,9-10,12H2,(H2,24,30)(H,25,29)(H,26,31)/t19-/m0/s1. The molecule has 8 nitrogen and oxygen atoms in total. The number of carbonyl (C=O) groups is 3. The van der Waals surface area contributed by atoms with Gasteiger partial charge in [-0.25, -0.2) is 9.59 Å². The Morgan fingerprint density at radius 3 is 2.71 bits per heavy atom. The van der Waals surface area contributed by atoms with Crippen LogP contribution < -0.4 is 16.4 Å². The van der Waals surface area contributed by atoms with Crippen LogP contribution in [0.3, 0.4) is 0 Å². The predicted molar refractivity (Wildman–Crippen MR) is 119 cm³/mol. The topological polar surface area (TPSA) is 109 Å². The number of rotatable bonds is 4. The number of halogens is 1. The van der Waals surface area contributed by atoms with Gasteiger partial charge in [-0.1, -0.05) is 41.9 Å². The molecule has 2 aromatic carbocycles. The van der Waals surface area contributed by atoms with E-state index in [1.54, 1.807) is 30.3 Å². The van der Waals surface area contributed by atoms with E-state index < -0.39 is 18.1 Å². The first-order chi connectivity index (χ1) is 14.9. The van der Waals surface area contributed by atoms with Gasteiger partial charge in [-0.05, 0) is 36.6 Å². The zero-order valence-electron chi connectivity index (χ0n) is 16.7. The summed E-state index contributed by atoms with van der Waals surface area (Å²) in [5, 5.41) is 7.00. The largest absolute Gasteiger partial charge is 0.351 e. The van der Waals surface area contributed by atoms with E-state index in [1.165, 1.54) is 15.7 Å². The van der Waals surface area contributed by atoms with E-state index in [0.717, 1.165) is 12.0 Å². The number of anilines is 1. The molecule has 1 fully saturated rings. The molecule has 31 heavy (non-hydrogen) atoms. The second-order valence-corrected chi connectivity index (χ2v) is 7.83. The second kappa shape index (κ2) is 8.69. The number of likely N-dealkylation sites (tertiary alicyclic amines) is 1. The minimum Gasteiger partial charge on any atom is -0.351 e. The highest BCUT2D eigenvalue weighted by Crippen LogP contribution is 2.27. The Labute approximate surface area is 183 Å². The summed E-state index contributed by atoms with van der Waals surface area (Å²) in [6, 6.07) is 12.8. The van der Waals surface area contributed by atoms with Crippen molar-refractivity contribution in [3.05, 3.63) is 65.3 Å². The highest BCUT2D eigenvalue weighted by Gasteiger charge is 2.34. The van der Waals surface area contributed by atoms with Crippen LogP contribution in [0.4, 0.5) is 15.3 Å². The molecule has 3 aromatic rings. The number of primary amides is 1. The summed E-state index contributed by atoms with van der Waals surface area (Å²) in [6.45, 7) is 0.799. The van der Waals surface area contributed by atoms with Crippen LogP contribution in [0.25, 0.3) is 10.9 Å². The zero-order valence-corrected chi connectivity index (χ0v) is 17.4. The highest BCUT2D eigenvalue weighted by molar-refractivity contribution is 6.30. The maximum absolute atomic E-state index is 13.0. The first kappa shape index (κ1) is 20.7. The van der Waals surface area contributed by atoms with Crippen molar-refractivity contribution in [1.29, 1.82) is 0 Å². The third kappa shape index (κ3) is 4.34. The Morgan fingerprint density at radius 1 is 1.13 bits per heavy atom. The normalized spacial score (nSPS) is 15.8. The minimum atomic E-state index is -0.642. The smallest absolute Gasteiger partial charge is 0.323 e. The van der Waals surface area contributed by atoms with E-state index in [9.17, 15) is 14.4 Å². The molecule has 0 radical (unpaired) electrons. The summed E-state index contributed by atoms with van der Waals surface area (Å²) < 4.78 is 1.28. The molecule has 2 heterocycles. The molecule has 1 atom stereocenters. The lowest BCUT2D eigenvalue weighted by Gasteiger charge is -2.24. The fourth-order valence-corrected chi connectivity index (χ4v) is 4.10. The molecule has 1 saturated heterocycles. The fraction of sp³-hybridized carbons (Fsp3) is 0.227. The molecule has 0 aliphatic carbocycles. The molecular weight excluding hydrogens is 418 g/mol. The number of hydrogen-bond acceptors (Lipinski definition) is 3. The van der Waals surface area contributed by atoms with Crippen LogP contribution in [0.15, 0.2) is 54.7 Å². The van der Waals surface area contributed by atoms with Gasteiger partial charge in [0.25, 0.3) is 0 Å². The average Bonchev–Trinajstić information content (AvgIpc) is 3.38. The van der Waals surface area contributed by atoms with E-state index >= 15 is 0 Å². The van der Waals surface area contributed by atoms with Gasteiger partial charge in [0.15, 0.2) is 0 Å². The molecule has 1 aromatic heterocycles. The Bertz CT molecular complexity index is 1160. The van der Waals surface area contributed by atoms with Gasteiger partial charge in [0.1, 0.15) is 6.04 Å². The molecule has 1 aliphatic rings. The third-order valence-corrected chi connectivity index (χ3v) is 5.60. The number of carbonyl (C=O) groups excluding carboxylic acids is 3. The van der Waals surface area contributed by atoms with Crippen molar-refractivity contribution < 1.29 is 14.4 Å². The molecule has 0 bridgehead atoms. The van der Waals surface area contributed by atoms with Crippen LogP contribution in [0.2, 0.25) is 5.02 Å². The second-order valence-electron chi connectivity index (χ2n) is 7.40. The van der Waals surface area contributed by atoms with Crippen LogP contribution in [0.1, 0.15) is 18.4 Å². The average molecular weight is 440 g/mol. The van der Waals surface area contributed by atoms with Gasteiger partial charge in [-0.2, -0.15) is 0 Å². The van der Waals surface area contributed by atoms with Gasteiger partial charge in [0.2, 0.25) is 5.91 Å². The first-order valence-electron chi connectivity index (χ1n) is 9.93. The van der Waals surface area contributed by atoms with E-state index in [-0.39, 0.29) is 5.91 Å². The van der Waals surface area contributed by atoms with Crippen molar-refractivity contribution in [2.24, 2.45) is 5.73 Å². The van der Waals surface area contributed by atoms with Gasteiger partial charge in [0, 0.05) is 29.7 Å². The Hall–Kier alpha value is -3.52. The fourth-order valence-electron chi connectivity index (χ4n) is 3.88. The first-order valence-corrected chi connectivity index (χ1v) is 10.3. The van der Waals surface area contributed by atoms with Crippen LogP contribution in [0.5, 0.6) is 0 Å². The predicted octanol–water partition coefficient (Wildman–Crippen LogP) is 3.53. The number of hydrogen-bond donors (Lipinski definition) is 3. The lowest BCUT2D eigenvalue weighted by Crippen LogP contribution is -2.47. The molecule has 4 amide bonds. The molecule has 4 N–H and O–H groups in total. The molecule has 0 unspecified atom stereocenters. The molecule has 0 spiro atoms. The van der Waals surface area contributed by atoms with E-state index in [4.69, 9.17) is 17.3 Å². The van der Waals surface area contributed by atoms with Crippen molar-refractivity contribution in [3.63, 3.8) is 0 Å². The number of aromatic nitrogens is 1. The number of nitrogens with two attached hydrogens (primary N) is 1. The van der Waals surface area contributed by atoms with Crippen LogP contribution in [-0.4, -0.2) is 40.0 Å². The Balaban J connectivity index is 1.46. The summed E-state index contributed by atoms with van der Waals surface area (Å²) in [6.07, 6.45) is 2.80. The van der Waals surface area contributed by atoms with Crippen LogP contribution >= 0.6 is 11.6 Å². The van der Waals surface area contributed by atoms with Gasteiger partial charge in [0.05, 0.1) is 11.2 Å². The Kier molecular flexibility index (Phi) is 5.81. The summed E-state index contributed by atoms with van der Waals surface area (Å²) >= 11 is 5.99. The maximum Gasteiger partial charge on any atom is 0.323 e. The zero-order chi connectivity index (χ0) is 22.0. The van der Waals surface area contributed by atoms with Crippen molar-refractivity contribution >= 4 is 46.2 Å². The summed E-state index contributed by atoms with van der Waals surface area (Å²) in [5.74, 6) is -0.216. The lowest BCUT2D eigenvalue weighted by molar-refractivity contribution is -0.124. The van der Waals surface area contributed by atoms with Gasteiger partial charge in [-0.3, -0.25) is 9.36 Å². The van der Waals surface area contributed by atoms with Crippen molar-refractivity contribution in [2.45, 2.75) is 25.4 Å². The summed E-state index contributed by atoms with van der Waals surface area (Å²) in [4.78, 5) is 38.9. The van der Waals surface area contributed by atoms with Gasteiger partial charge < -0.3 is 21.3 Å². The Morgan fingerprint density at radius 2 is 1.94 bits per heavy atom. The molecular formula is C22H22ClN5O3. The van der Waals surface area contributed by atoms with Crippen molar-refractivity contribution in [1.82, 2.24) is 14.8 Å². The SMILES string of the molecule is NC(=O)n1cc(NC(=O)N2CCC[C@H]2C(=O)NCc2cccc(Cl)c2)c2ccccc21. The molecule has 9 heteroatoms. The van der Waals surface area contributed by atoms with Gasteiger partial charge >= 0.3 is 12.1 Å². The van der Waals surface area contributed by atoms with Crippen molar-refractivity contribution in [3.8, 4) is 0 Å². The molecule has 0 saturated carbocycles.